The van der Waals surface area contributed by atoms with Crippen LogP contribution in [-0.4, -0.2) is 81.5 Å². The molecule has 4 atom stereocenters. The first kappa shape index (κ1) is 30.1. The van der Waals surface area contributed by atoms with Crippen molar-refractivity contribution in [2.45, 2.75) is 69.1 Å². The summed E-state index contributed by atoms with van der Waals surface area (Å²) in [5.74, 6) is -5.48. The highest BCUT2D eigenvalue weighted by Crippen LogP contribution is 2.19. The van der Waals surface area contributed by atoms with E-state index in [4.69, 9.17) is 10.8 Å². The van der Waals surface area contributed by atoms with Crippen molar-refractivity contribution in [2.24, 2.45) is 5.73 Å². The third-order valence-corrected chi connectivity index (χ3v) is 6.68. The molecule has 40 heavy (non-hydrogen) atoms. The Balaban J connectivity index is 1.81. The van der Waals surface area contributed by atoms with Crippen molar-refractivity contribution in [1.82, 2.24) is 26.3 Å². The Bertz CT molecular complexity index is 1250. The molecule has 2 heterocycles. The number of rotatable bonds is 15. The molecule has 0 saturated carbocycles. The molecule has 1 saturated heterocycles. The van der Waals surface area contributed by atoms with Crippen molar-refractivity contribution >= 4 is 46.5 Å². The number of nitrogens with two attached hydrogens (primary N) is 1. The highest BCUT2D eigenvalue weighted by molar-refractivity contribution is 5.95. The molecule has 1 fully saturated rings. The smallest absolute Gasteiger partial charge is 0.326 e. The first-order valence-electron chi connectivity index (χ1n) is 13.0. The number of para-hydroxylation sites is 1. The summed E-state index contributed by atoms with van der Waals surface area (Å²) in [5.41, 5.74) is 6.81. The van der Waals surface area contributed by atoms with E-state index in [9.17, 15) is 33.9 Å². The molecule has 14 heteroatoms. The molecule has 3 rings (SSSR count). The molecule has 9 N–H and O–H groups in total. The summed E-state index contributed by atoms with van der Waals surface area (Å²) in [4.78, 5) is 76.4. The zero-order valence-electron chi connectivity index (χ0n) is 21.8. The van der Waals surface area contributed by atoms with Gasteiger partial charge in [0.05, 0.1) is 6.04 Å². The topological polar surface area (TPSA) is 233 Å². The van der Waals surface area contributed by atoms with Gasteiger partial charge in [0.2, 0.25) is 23.6 Å². The number of primary amides is 1. The second-order valence-corrected chi connectivity index (χ2v) is 9.67. The SMILES string of the molecule is NC(=O)CCC(NC(=O)C(Cc1c[nH]c2ccccc12)NC(=O)C1CCCN1)C(=O)NC(CCC(=O)O)C(=O)O. The molecule has 1 aromatic heterocycles. The summed E-state index contributed by atoms with van der Waals surface area (Å²) in [6.07, 6.45) is 1.77. The van der Waals surface area contributed by atoms with Gasteiger partial charge in [-0.25, -0.2) is 4.79 Å². The Hall–Kier alpha value is -4.46. The van der Waals surface area contributed by atoms with Crippen LogP contribution in [0, 0.1) is 0 Å². The maximum atomic E-state index is 13.5. The molecule has 1 aliphatic rings. The number of amides is 4. The van der Waals surface area contributed by atoms with E-state index in [1.165, 1.54) is 0 Å². The van der Waals surface area contributed by atoms with Crippen LogP contribution in [0.1, 0.15) is 44.1 Å². The second-order valence-electron chi connectivity index (χ2n) is 9.67. The number of aromatic amines is 1. The Morgan fingerprint density at radius 2 is 1.60 bits per heavy atom. The van der Waals surface area contributed by atoms with Crippen LogP contribution in [0.15, 0.2) is 30.5 Å². The summed E-state index contributed by atoms with van der Waals surface area (Å²) in [6, 6.07) is 2.92. The molecule has 1 aromatic carbocycles. The van der Waals surface area contributed by atoms with Crippen molar-refractivity contribution in [3.05, 3.63) is 36.0 Å². The number of hydrogen-bond acceptors (Lipinski definition) is 7. The minimum atomic E-state index is -1.54. The van der Waals surface area contributed by atoms with E-state index in [2.05, 4.69) is 26.3 Å². The molecular weight excluding hydrogens is 524 g/mol. The van der Waals surface area contributed by atoms with Gasteiger partial charge in [-0.15, -0.1) is 0 Å². The summed E-state index contributed by atoms with van der Waals surface area (Å²) in [6.45, 7) is 0.666. The van der Waals surface area contributed by atoms with Crippen LogP contribution in [0.25, 0.3) is 10.9 Å². The van der Waals surface area contributed by atoms with Crippen molar-refractivity contribution < 1.29 is 39.0 Å². The maximum Gasteiger partial charge on any atom is 0.326 e. The van der Waals surface area contributed by atoms with Crippen molar-refractivity contribution in [2.75, 3.05) is 6.54 Å². The average molecular weight is 559 g/mol. The number of nitrogens with one attached hydrogen (secondary N) is 5. The standard InChI is InChI=1S/C26H34N6O8/c27-21(33)9-7-18(24(37)31-19(26(39)40)8-10-22(34)35)30-25(38)20(32-23(36)17-6-3-11-28-17)12-14-13-29-16-5-2-1-4-15(14)16/h1-2,4-5,13,17-20,28-29H,3,6-12H2,(H2,27,33)(H,30,38)(H,31,37)(H,32,36)(H,34,35)(H,39,40). The molecule has 0 spiro atoms. The molecule has 4 unspecified atom stereocenters. The number of H-pyrrole nitrogens is 1. The quantitative estimate of drug-likeness (QED) is 0.135. The number of aromatic nitrogens is 1. The van der Waals surface area contributed by atoms with Gasteiger partial charge in [0.1, 0.15) is 18.1 Å². The van der Waals surface area contributed by atoms with Gasteiger partial charge in [-0.2, -0.15) is 0 Å². The van der Waals surface area contributed by atoms with E-state index in [-0.39, 0.29) is 31.6 Å². The van der Waals surface area contributed by atoms with Gasteiger partial charge in [-0.05, 0) is 43.9 Å². The Labute approximate surface area is 229 Å². The lowest BCUT2D eigenvalue weighted by atomic mass is 10.0. The second kappa shape index (κ2) is 14.1. The molecule has 4 amide bonds. The van der Waals surface area contributed by atoms with Gasteiger partial charge in [0, 0.05) is 36.4 Å². The van der Waals surface area contributed by atoms with Crippen molar-refractivity contribution in [3.8, 4) is 0 Å². The van der Waals surface area contributed by atoms with E-state index in [0.29, 0.717) is 13.0 Å². The number of carboxylic acid groups (broad SMARTS) is 2. The highest BCUT2D eigenvalue weighted by atomic mass is 16.4. The van der Waals surface area contributed by atoms with Crippen LogP contribution in [-0.2, 0) is 35.2 Å². The van der Waals surface area contributed by atoms with E-state index in [1.807, 2.05) is 24.3 Å². The maximum absolute atomic E-state index is 13.5. The number of hydrogen-bond donors (Lipinski definition) is 8. The number of carboxylic acids is 2. The van der Waals surface area contributed by atoms with Crippen molar-refractivity contribution in [1.29, 1.82) is 0 Å². The van der Waals surface area contributed by atoms with Crippen LogP contribution >= 0.6 is 0 Å². The Kier molecular flexibility index (Phi) is 10.6. The number of aliphatic carboxylic acids is 2. The molecular formula is C26H34N6O8. The molecule has 216 valence electrons. The predicted octanol–water partition coefficient (Wildman–Crippen LogP) is -0.868. The molecule has 1 aliphatic heterocycles. The fraction of sp³-hybridized carbons (Fsp3) is 0.462. The normalized spacial score (nSPS) is 16.9. The summed E-state index contributed by atoms with van der Waals surface area (Å²) in [5, 5.41) is 29.7. The molecule has 0 radical (unpaired) electrons. The predicted molar refractivity (Wildman–Crippen MR) is 142 cm³/mol. The lowest BCUT2D eigenvalue weighted by Crippen LogP contribution is -2.57. The first-order chi connectivity index (χ1) is 19.0. The van der Waals surface area contributed by atoms with Gasteiger partial charge in [0.15, 0.2) is 0 Å². The monoisotopic (exact) mass is 558 g/mol. The largest absolute Gasteiger partial charge is 0.481 e. The van der Waals surface area contributed by atoms with Crippen LogP contribution in [0.4, 0.5) is 0 Å². The number of carbonyl (C=O) groups is 6. The summed E-state index contributed by atoms with van der Waals surface area (Å²) < 4.78 is 0. The third-order valence-electron chi connectivity index (χ3n) is 6.68. The van der Waals surface area contributed by atoms with E-state index in [0.717, 1.165) is 22.9 Å². The van der Waals surface area contributed by atoms with Gasteiger partial charge >= 0.3 is 11.9 Å². The summed E-state index contributed by atoms with van der Waals surface area (Å²) in [7, 11) is 0. The third kappa shape index (κ3) is 8.53. The average Bonchev–Trinajstić information content (AvgIpc) is 3.58. The molecule has 0 bridgehead atoms. The van der Waals surface area contributed by atoms with Gasteiger partial charge < -0.3 is 42.2 Å². The number of fused-ring (bicyclic) bond motifs is 1. The fourth-order valence-corrected chi connectivity index (χ4v) is 4.54. The highest BCUT2D eigenvalue weighted by Gasteiger charge is 2.32. The molecule has 0 aliphatic carbocycles. The lowest BCUT2D eigenvalue weighted by molar-refractivity contribution is -0.143. The van der Waals surface area contributed by atoms with Crippen molar-refractivity contribution in [3.63, 3.8) is 0 Å². The van der Waals surface area contributed by atoms with Crippen LogP contribution in [0.3, 0.4) is 0 Å². The first-order valence-corrected chi connectivity index (χ1v) is 13.0. The molecule has 14 nitrogen and oxygen atoms in total. The number of benzene rings is 1. The van der Waals surface area contributed by atoms with E-state index in [1.54, 1.807) is 6.20 Å². The van der Waals surface area contributed by atoms with Gasteiger partial charge in [-0.1, -0.05) is 18.2 Å². The minimum absolute atomic E-state index is 0.0782. The van der Waals surface area contributed by atoms with Gasteiger partial charge in [-0.3, -0.25) is 24.0 Å². The Morgan fingerprint density at radius 1 is 0.925 bits per heavy atom. The summed E-state index contributed by atoms with van der Waals surface area (Å²) >= 11 is 0. The number of carbonyl (C=O) groups excluding carboxylic acids is 4. The Morgan fingerprint density at radius 3 is 2.25 bits per heavy atom. The van der Waals surface area contributed by atoms with E-state index >= 15 is 0 Å². The van der Waals surface area contributed by atoms with Crippen LogP contribution in [0.5, 0.6) is 0 Å². The lowest BCUT2D eigenvalue weighted by Gasteiger charge is -2.25. The zero-order valence-corrected chi connectivity index (χ0v) is 21.8. The fourth-order valence-electron chi connectivity index (χ4n) is 4.54. The zero-order chi connectivity index (χ0) is 29.2. The minimum Gasteiger partial charge on any atom is -0.481 e. The van der Waals surface area contributed by atoms with Crippen LogP contribution in [0.2, 0.25) is 0 Å². The molecule has 2 aromatic rings. The van der Waals surface area contributed by atoms with Crippen LogP contribution < -0.4 is 27.0 Å². The van der Waals surface area contributed by atoms with Gasteiger partial charge in [0.25, 0.3) is 0 Å². The van der Waals surface area contributed by atoms with E-state index < -0.39 is 60.2 Å².